The topological polar surface area (TPSA) is 67.9 Å². The molecule has 0 aliphatic rings. The Morgan fingerprint density at radius 3 is 2.69 bits per heavy atom. The number of ether oxygens (including phenoxy) is 1. The predicted molar refractivity (Wildman–Crippen MR) is 57.6 cm³/mol. The molecule has 0 amide bonds. The van der Waals surface area contributed by atoms with Crippen LogP contribution < -0.4 is 4.74 Å². The van der Waals surface area contributed by atoms with Crippen LogP contribution in [-0.4, -0.2) is 28.6 Å². The smallest absolute Gasteiger partial charge is 0.188 e. The first-order chi connectivity index (χ1) is 7.81. The van der Waals surface area contributed by atoms with Crippen molar-refractivity contribution in [2.75, 3.05) is 7.11 Å². The Balaban J connectivity index is 2.10. The molecule has 82 valence electrons. The number of benzene rings is 1. The number of methoxy groups -OCH3 is 1. The van der Waals surface area contributed by atoms with Crippen LogP contribution in [0.5, 0.6) is 5.75 Å². The average Bonchev–Trinajstić information content (AvgIpc) is 2.78. The third kappa shape index (κ3) is 2.25. The molecule has 0 aliphatic carbocycles. The molecule has 1 aromatic heterocycles. The van der Waals surface area contributed by atoms with E-state index >= 15 is 0 Å². The number of nitrogens with one attached hydrogen (secondary N) is 1. The highest BCUT2D eigenvalue weighted by Crippen LogP contribution is 2.13. The highest BCUT2D eigenvalue weighted by molar-refractivity contribution is 5.68. The van der Waals surface area contributed by atoms with Crippen LogP contribution >= 0.6 is 0 Å². The Morgan fingerprint density at radius 2 is 2.12 bits per heavy atom. The monoisotopic (exact) mass is 217 g/mol. The van der Waals surface area contributed by atoms with Crippen molar-refractivity contribution in [1.29, 1.82) is 0 Å². The van der Waals surface area contributed by atoms with E-state index in [1.165, 1.54) is 0 Å². The molecule has 1 N–H and O–H groups in total. The van der Waals surface area contributed by atoms with Gasteiger partial charge in [-0.3, -0.25) is 9.89 Å². The van der Waals surface area contributed by atoms with E-state index < -0.39 is 0 Å². The van der Waals surface area contributed by atoms with E-state index in [4.69, 9.17) is 4.74 Å². The Kier molecular flexibility index (Phi) is 2.95. The first-order valence-corrected chi connectivity index (χ1v) is 4.81. The number of H-pyrrole nitrogens is 1. The number of aromatic amines is 1. The largest absolute Gasteiger partial charge is 0.497 e. The zero-order chi connectivity index (χ0) is 11.4. The third-order valence-electron chi connectivity index (χ3n) is 2.18. The van der Waals surface area contributed by atoms with Gasteiger partial charge in [-0.05, 0) is 17.7 Å². The van der Waals surface area contributed by atoms with Gasteiger partial charge in [-0.25, -0.2) is 4.98 Å². The number of rotatable bonds is 4. The van der Waals surface area contributed by atoms with Gasteiger partial charge in [0.25, 0.3) is 0 Å². The fourth-order valence-corrected chi connectivity index (χ4v) is 1.37. The minimum Gasteiger partial charge on any atom is -0.497 e. The summed E-state index contributed by atoms with van der Waals surface area (Å²) in [6, 6.07) is 7.64. The number of aromatic nitrogens is 3. The van der Waals surface area contributed by atoms with Crippen LogP contribution in [0.2, 0.25) is 0 Å². The summed E-state index contributed by atoms with van der Waals surface area (Å²) in [5.41, 5.74) is 1.07. The van der Waals surface area contributed by atoms with E-state index in [2.05, 4.69) is 15.2 Å². The van der Waals surface area contributed by atoms with E-state index in [0.29, 0.717) is 18.5 Å². The summed E-state index contributed by atoms with van der Waals surface area (Å²) in [4.78, 5) is 14.4. The zero-order valence-electron chi connectivity index (χ0n) is 8.80. The van der Waals surface area contributed by atoms with Crippen molar-refractivity contribution in [2.24, 2.45) is 0 Å². The van der Waals surface area contributed by atoms with Crippen LogP contribution in [0.1, 0.15) is 22.0 Å². The SMILES string of the molecule is COc1ccc(Cc2n[nH]c(C=O)n2)cc1. The Labute approximate surface area is 92.5 Å². The number of nitrogens with zero attached hydrogens (tertiary/aromatic N) is 2. The molecule has 0 spiro atoms. The van der Waals surface area contributed by atoms with E-state index in [9.17, 15) is 4.79 Å². The first-order valence-electron chi connectivity index (χ1n) is 4.81. The van der Waals surface area contributed by atoms with E-state index in [0.717, 1.165) is 11.3 Å². The highest BCUT2D eigenvalue weighted by atomic mass is 16.5. The predicted octanol–water partition coefficient (Wildman–Crippen LogP) is 1.22. The summed E-state index contributed by atoms with van der Waals surface area (Å²) in [6.07, 6.45) is 1.23. The van der Waals surface area contributed by atoms with Crippen molar-refractivity contribution >= 4 is 6.29 Å². The van der Waals surface area contributed by atoms with Gasteiger partial charge in [0.2, 0.25) is 0 Å². The summed E-state index contributed by atoms with van der Waals surface area (Å²) in [7, 11) is 1.63. The molecule has 5 nitrogen and oxygen atoms in total. The molecule has 0 unspecified atom stereocenters. The summed E-state index contributed by atoms with van der Waals surface area (Å²) < 4.78 is 5.06. The fourth-order valence-electron chi connectivity index (χ4n) is 1.37. The van der Waals surface area contributed by atoms with Gasteiger partial charge in [-0.15, -0.1) is 0 Å². The molecule has 0 atom stereocenters. The van der Waals surface area contributed by atoms with Gasteiger partial charge in [0.1, 0.15) is 5.75 Å². The number of hydrogen-bond donors (Lipinski definition) is 1. The Hall–Kier alpha value is -2.17. The molecule has 1 heterocycles. The molecular formula is C11H11N3O2. The van der Waals surface area contributed by atoms with Crippen molar-refractivity contribution in [1.82, 2.24) is 15.2 Å². The highest BCUT2D eigenvalue weighted by Gasteiger charge is 2.03. The molecule has 0 bridgehead atoms. The van der Waals surface area contributed by atoms with Crippen LogP contribution in [0.25, 0.3) is 0 Å². The number of aldehydes is 1. The lowest BCUT2D eigenvalue weighted by molar-refractivity contribution is 0.111. The molecule has 2 aromatic rings. The molecular weight excluding hydrogens is 206 g/mol. The average molecular weight is 217 g/mol. The molecule has 0 saturated heterocycles. The van der Waals surface area contributed by atoms with Crippen LogP contribution in [-0.2, 0) is 6.42 Å². The summed E-state index contributed by atoms with van der Waals surface area (Å²) in [5.74, 6) is 1.67. The number of carbonyl (C=O) groups excluding carboxylic acids is 1. The van der Waals surface area contributed by atoms with Gasteiger partial charge >= 0.3 is 0 Å². The Morgan fingerprint density at radius 1 is 1.38 bits per heavy atom. The maximum absolute atomic E-state index is 10.4. The van der Waals surface area contributed by atoms with E-state index in [1.807, 2.05) is 24.3 Å². The second-order valence-corrected chi connectivity index (χ2v) is 3.28. The van der Waals surface area contributed by atoms with Crippen molar-refractivity contribution in [3.05, 3.63) is 41.5 Å². The molecule has 0 aliphatic heterocycles. The normalized spacial score (nSPS) is 10.1. The van der Waals surface area contributed by atoms with Crippen LogP contribution in [0, 0.1) is 0 Å². The minimum absolute atomic E-state index is 0.253. The molecule has 1 aromatic carbocycles. The van der Waals surface area contributed by atoms with Crippen molar-refractivity contribution < 1.29 is 9.53 Å². The number of carbonyl (C=O) groups is 1. The quantitative estimate of drug-likeness (QED) is 0.782. The van der Waals surface area contributed by atoms with Gasteiger partial charge in [-0.1, -0.05) is 12.1 Å². The van der Waals surface area contributed by atoms with Crippen LogP contribution in [0.4, 0.5) is 0 Å². The van der Waals surface area contributed by atoms with Crippen molar-refractivity contribution in [3.63, 3.8) is 0 Å². The third-order valence-corrected chi connectivity index (χ3v) is 2.18. The van der Waals surface area contributed by atoms with E-state index in [-0.39, 0.29) is 5.82 Å². The molecule has 0 saturated carbocycles. The lowest BCUT2D eigenvalue weighted by Gasteiger charge is -2.00. The lowest BCUT2D eigenvalue weighted by atomic mass is 10.1. The fraction of sp³-hybridized carbons (Fsp3) is 0.182. The lowest BCUT2D eigenvalue weighted by Crippen LogP contribution is -1.91. The maximum atomic E-state index is 10.4. The maximum Gasteiger partial charge on any atom is 0.188 e. The van der Waals surface area contributed by atoms with Crippen LogP contribution in [0.15, 0.2) is 24.3 Å². The summed E-state index contributed by atoms with van der Waals surface area (Å²) >= 11 is 0. The van der Waals surface area contributed by atoms with E-state index in [1.54, 1.807) is 7.11 Å². The molecule has 5 heteroatoms. The first kappa shape index (κ1) is 10.4. The zero-order valence-corrected chi connectivity index (χ0v) is 8.80. The molecule has 2 rings (SSSR count). The van der Waals surface area contributed by atoms with Gasteiger partial charge < -0.3 is 4.74 Å². The summed E-state index contributed by atoms with van der Waals surface area (Å²) in [5, 5.41) is 6.47. The van der Waals surface area contributed by atoms with Crippen molar-refractivity contribution in [3.8, 4) is 5.75 Å². The van der Waals surface area contributed by atoms with Gasteiger partial charge in [-0.2, -0.15) is 5.10 Å². The van der Waals surface area contributed by atoms with Crippen LogP contribution in [0.3, 0.4) is 0 Å². The second-order valence-electron chi connectivity index (χ2n) is 3.28. The Bertz CT molecular complexity index is 476. The molecule has 0 fully saturated rings. The number of hydrogen-bond acceptors (Lipinski definition) is 4. The van der Waals surface area contributed by atoms with Gasteiger partial charge in [0.15, 0.2) is 17.9 Å². The van der Waals surface area contributed by atoms with Gasteiger partial charge in [0, 0.05) is 6.42 Å². The molecule has 0 radical (unpaired) electrons. The molecule has 16 heavy (non-hydrogen) atoms. The minimum atomic E-state index is 0.253. The van der Waals surface area contributed by atoms with Crippen molar-refractivity contribution in [2.45, 2.75) is 6.42 Å². The standard InChI is InChI=1S/C11H11N3O2/c1-16-9-4-2-8(3-5-9)6-10-12-11(7-15)14-13-10/h2-5,7H,6H2,1H3,(H,12,13,14). The second kappa shape index (κ2) is 4.57. The van der Waals surface area contributed by atoms with Gasteiger partial charge in [0.05, 0.1) is 7.11 Å². The summed E-state index contributed by atoms with van der Waals surface area (Å²) in [6.45, 7) is 0.